The van der Waals surface area contributed by atoms with Gasteiger partial charge in [0.25, 0.3) is 5.91 Å². The molecular weight excluding hydrogens is 580 g/mol. The minimum atomic E-state index is -0.550. The standard InChI is InChI=1S/C29H38N4O6.BrH/c1-9-37-23-13-18-15-33(26(30)19(18)14-20(23)27(35)31-6)16-22(34)17-11-21(29(3,4)5)25(24(12-17)38-10-2)39-28(36)32(7)8;/h11-14,30H,9-10,15-16H2,1-8H3,(H,31,35);1H. The molecule has 0 saturated carbocycles. The third kappa shape index (κ3) is 6.93. The largest absolute Gasteiger partial charge is 0.493 e. The zero-order chi connectivity index (χ0) is 29.1. The SMILES string of the molecule is Br.CCOc1cc2c(cc1C(=O)NC)C(=N)N(CC(=O)c1cc(OCC)c(OC(=O)N(C)C)c(C(C)(C)C)c1)C2. The predicted molar refractivity (Wildman–Crippen MR) is 159 cm³/mol. The Balaban J connectivity index is 0.00000560. The Morgan fingerprint density at radius 1 is 1.02 bits per heavy atom. The second-order valence-corrected chi connectivity index (χ2v) is 10.4. The quantitative estimate of drug-likeness (QED) is 0.387. The van der Waals surface area contributed by atoms with Crippen LogP contribution in [0.5, 0.6) is 17.2 Å². The van der Waals surface area contributed by atoms with E-state index in [-0.39, 0.29) is 46.8 Å². The Morgan fingerprint density at radius 3 is 2.20 bits per heavy atom. The van der Waals surface area contributed by atoms with Crippen LogP contribution in [0.4, 0.5) is 4.79 Å². The number of hydrogen-bond acceptors (Lipinski definition) is 7. The van der Waals surface area contributed by atoms with Crippen LogP contribution in [0, 0.1) is 5.41 Å². The average Bonchev–Trinajstić information content (AvgIpc) is 3.17. The third-order valence-electron chi connectivity index (χ3n) is 6.28. The number of rotatable bonds is 9. The summed E-state index contributed by atoms with van der Waals surface area (Å²) in [6, 6.07) is 6.72. The van der Waals surface area contributed by atoms with Crippen molar-refractivity contribution < 1.29 is 28.6 Å². The second-order valence-electron chi connectivity index (χ2n) is 10.4. The van der Waals surface area contributed by atoms with Crippen molar-refractivity contribution in [1.82, 2.24) is 15.1 Å². The molecule has 40 heavy (non-hydrogen) atoms. The van der Waals surface area contributed by atoms with Crippen molar-refractivity contribution in [3.63, 3.8) is 0 Å². The predicted octanol–water partition coefficient (Wildman–Crippen LogP) is 4.80. The van der Waals surface area contributed by atoms with E-state index in [9.17, 15) is 14.4 Å². The Labute approximate surface area is 246 Å². The van der Waals surface area contributed by atoms with Crippen molar-refractivity contribution in [3.8, 4) is 17.2 Å². The molecular formula is C29H39BrN4O6. The molecule has 1 aliphatic heterocycles. The normalized spacial score (nSPS) is 12.3. The average molecular weight is 620 g/mol. The fourth-order valence-corrected chi connectivity index (χ4v) is 4.28. The number of carbonyl (C=O) groups excluding carboxylic acids is 3. The summed E-state index contributed by atoms with van der Waals surface area (Å²) in [5.74, 6) is 0.656. The number of Topliss-reactive ketones (excluding diaryl/α,β-unsaturated/α-hetero) is 1. The molecule has 0 radical (unpaired) electrons. The number of benzene rings is 2. The van der Waals surface area contributed by atoms with Gasteiger partial charge in [0, 0.05) is 44.4 Å². The summed E-state index contributed by atoms with van der Waals surface area (Å²) in [7, 11) is 4.72. The first kappa shape index (κ1) is 32.6. The van der Waals surface area contributed by atoms with Gasteiger partial charge in [0.05, 0.1) is 25.3 Å². The first-order valence-electron chi connectivity index (χ1n) is 12.9. The molecule has 0 atom stereocenters. The van der Waals surface area contributed by atoms with E-state index < -0.39 is 11.5 Å². The summed E-state index contributed by atoms with van der Waals surface area (Å²) in [4.78, 5) is 41.4. The van der Waals surface area contributed by atoms with Gasteiger partial charge in [-0.25, -0.2) is 4.79 Å². The fourth-order valence-electron chi connectivity index (χ4n) is 4.28. The van der Waals surface area contributed by atoms with Crippen LogP contribution in [0.3, 0.4) is 0 Å². The molecule has 218 valence electrons. The highest BCUT2D eigenvalue weighted by atomic mass is 79.9. The maximum Gasteiger partial charge on any atom is 0.414 e. The summed E-state index contributed by atoms with van der Waals surface area (Å²) in [5.41, 5.74) is 2.31. The zero-order valence-electron chi connectivity index (χ0n) is 24.4. The van der Waals surface area contributed by atoms with E-state index in [1.165, 1.54) is 11.9 Å². The molecule has 11 heteroatoms. The minimum Gasteiger partial charge on any atom is -0.493 e. The van der Waals surface area contributed by atoms with Crippen LogP contribution in [0.1, 0.15) is 72.0 Å². The van der Waals surface area contributed by atoms with Gasteiger partial charge in [0.2, 0.25) is 0 Å². The number of carbonyl (C=O) groups is 3. The van der Waals surface area contributed by atoms with Crippen molar-refractivity contribution in [2.24, 2.45) is 0 Å². The topological polar surface area (TPSA) is 121 Å². The van der Waals surface area contributed by atoms with Gasteiger partial charge in [0.15, 0.2) is 17.3 Å². The van der Waals surface area contributed by atoms with Gasteiger partial charge in [-0.1, -0.05) is 20.8 Å². The summed E-state index contributed by atoms with van der Waals surface area (Å²) < 4.78 is 17.2. The van der Waals surface area contributed by atoms with Crippen molar-refractivity contribution in [1.29, 1.82) is 5.41 Å². The smallest absolute Gasteiger partial charge is 0.414 e. The maximum absolute atomic E-state index is 13.6. The summed E-state index contributed by atoms with van der Waals surface area (Å²) in [6.45, 7) is 10.5. The van der Waals surface area contributed by atoms with Crippen LogP contribution in [-0.4, -0.2) is 74.3 Å². The number of nitrogens with zero attached hydrogens (tertiary/aromatic N) is 2. The molecule has 0 saturated heterocycles. The first-order chi connectivity index (χ1) is 18.3. The lowest BCUT2D eigenvalue weighted by Gasteiger charge is -2.26. The van der Waals surface area contributed by atoms with Crippen molar-refractivity contribution in [3.05, 3.63) is 52.1 Å². The zero-order valence-corrected chi connectivity index (χ0v) is 26.1. The molecule has 0 bridgehead atoms. The third-order valence-corrected chi connectivity index (χ3v) is 6.28. The number of amidine groups is 1. The van der Waals surface area contributed by atoms with Gasteiger partial charge in [-0.2, -0.15) is 0 Å². The second kappa shape index (κ2) is 13.2. The molecule has 3 rings (SSSR count). The van der Waals surface area contributed by atoms with Crippen molar-refractivity contribution >= 4 is 40.6 Å². The summed E-state index contributed by atoms with van der Waals surface area (Å²) in [5, 5.41) is 11.3. The molecule has 0 spiro atoms. The van der Waals surface area contributed by atoms with E-state index in [2.05, 4.69) is 5.32 Å². The Kier molecular flexibility index (Phi) is 10.7. The highest BCUT2D eigenvalue weighted by molar-refractivity contribution is 8.93. The lowest BCUT2D eigenvalue weighted by Crippen LogP contribution is -2.31. The minimum absolute atomic E-state index is 0. The highest BCUT2D eigenvalue weighted by Gasteiger charge is 2.31. The molecule has 0 unspecified atom stereocenters. The number of ether oxygens (including phenoxy) is 3. The molecule has 0 aliphatic carbocycles. The molecule has 1 aliphatic rings. The van der Waals surface area contributed by atoms with Gasteiger partial charge < -0.3 is 29.3 Å². The van der Waals surface area contributed by atoms with Crippen LogP contribution in [0.25, 0.3) is 0 Å². The van der Waals surface area contributed by atoms with Gasteiger partial charge >= 0.3 is 6.09 Å². The molecule has 2 amide bonds. The summed E-state index contributed by atoms with van der Waals surface area (Å²) >= 11 is 0. The molecule has 2 aromatic carbocycles. The van der Waals surface area contributed by atoms with E-state index >= 15 is 0 Å². The lowest BCUT2D eigenvalue weighted by atomic mass is 9.84. The monoisotopic (exact) mass is 618 g/mol. The number of amides is 2. The Hall–Kier alpha value is -3.60. The van der Waals surface area contributed by atoms with E-state index in [1.807, 2.05) is 34.6 Å². The maximum atomic E-state index is 13.6. The molecule has 1 heterocycles. The Bertz CT molecular complexity index is 1300. The molecule has 2 N–H and O–H groups in total. The summed E-state index contributed by atoms with van der Waals surface area (Å²) in [6.07, 6.45) is -0.550. The van der Waals surface area contributed by atoms with Crippen LogP contribution in [0.15, 0.2) is 24.3 Å². The van der Waals surface area contributed by atoms with E-state index in [0.29, 0.717) is 53.5 Å². The fraction of sp³-hybridized carbons (Fsp3) is 0.448. The molecule has 0 aromatic heterocycles. The lowest BCUT2D eigenvalue weighted by molar-refractivity contribution is 0.0952. The van der Waals surface area contributed by atoms with Crippen molar-refractivity contribution in [2.45, 2.75) is 46.6 Å². The highest BCUT2D eigenvalue weighted by Crippen LogP contribution is 2.41. The van der Waals surface area contributed by atoms with Crippen LogP contribution < -0.4 is 19.5 Å². The van der Waals surface area contributed by atoms with Gasteiger partial charge in [-0.15, -0.1) is 17.0 Å². The van der Waals surface area contributed by atoms with E-state index in [4.69, 9.17) is 19.6 Å². The molecule has 10 nitrogen and oxygen atoms in total. The molecule has 0 fully saturated rings. The Morgan fingerprint density at radius 2 is 1.65 bits per heavy atom. The number of ketones is 1. The van der Waals surface area contributed by atoms with Gasteiger partial charge in [0.1, 0.15) is 11.6 Å². The number of halogens is 1. The van der Waals surface area contributed by atoms with Gasteiger partial charge in [-0.05, 0) is 49.1 Å². The number of nitrogens with one attached hydrogen (secondary N) is 2. The first-order valence-corrected chi connectivity index (χ1v) is 12.9. The van der Waals surface area contributed by atoms with Crippen LogP contribution >= 0.6 is 17.0 Å². The number of hydrogen-bond donors (Lipinski definition) is 2. The van der Waals surface area contributed by atoms with E-state index in [1.54, 1.807) is 43.3 Å². The molecule has 2 aromatic rings. The van der Waals surface area contributed by atoms with Crippen LogP contribution in [0.2, 0.25) is 0 Å². The van der Waals surface area contributed by atoms with Gasteiger partial charge in [-0.3, -0.25) is 15.0 Å². The number of fused-ring (bicyclic) bond motifs is 1. The van der Waals surface area contributed by atoms with E-state index in [0.717, 1.165) is 5.56 Å². The van der Waals surface area contributed by atoms with Crippen LogP contribution in [-0.2, 0) is 12.0 Å². The van der Waals surface area contributed by atoms with Crippen molar-refractivity contribution in [2.75, 3.05) is 40.9 Å².